The number of aryl methyl sites for hydroxylation is 1. The van der Waals surface area contributed by atoms with Crippen molar-refractivity contribution in [1.29, 1.82) is 0 Å². The molecule has 0 unspecified atom stereocenters. The minimum absolute atomic E-state index is 0.0122. The number of hydrogen-bond acceptors (Lipinski definition) is 3. The number of phenols is 1. The van der Waals surface area contributed by atoms with Crippen molar-refractivity contribution in [3.8, 4) is 5.75 Å². The van der Waals surface area contributed by atoms with E-state index >= 15 is 0 Å². The lowest BCUT2D eigenvalue weighted by molar-refractivity contribution is -0.140. The Labute approximate surface area is 131 Å². The molecule has 1 aliphatic heterocycles. The lowest BCUT2D eigenvalue weighted by Crippen LogP contribution is -2.53. The fourth-order valence-corrected chi connectivity index (χ4v) is 2.58. The number of amides is 2. The molecule has 0 bridgehead atoms. The molecule has 1 fully saturated rings. The molecule has 1 aliphatic rings. The zero-order valence-electron chi connectivity index (χ0n) is 13.7. The second kappa shape index (κ2) is 5.99. The number of aromatic hydroxyl groups is 1. The van der Waals surface area contributed by atoms with Crippen molar-refractivity contribution in [3.05, 3.63) is 29.3 Å². The Morgan fingerprint density at radius 1 is 1.05 bits per heavy atom. The second-order valence-corrected chi connectivity index (χ2v) is 6.86. The van der Waals surface area contributed by atoms with Crippen molar-refractivity contribution in [2.45, 2.75) is 27.7 Å². The van der Waals surface area contributed by atoms with E-state index in [0.29, 0.717) is 31.7 Å². The summed E-state index contributed by atoms with van der Waals surface area (Å²) >= 11 is 0. The molecule has 2 amide bonds. The topological polar surface area (TPSA) is 60.9 Å². The normalized spacial score (nSPS) is 15.8. The van der Waals surface area contributed by atoms with Gasteiger partial charge in [-0.05, 0) is 24.6 Å². The van der Waals surface area contributed by atoms with Crippen molar-refractivity contribution in [1.82, 2.24) is 9.80 Å². The molecular weight excluding hydrogens is 280 g/mol. The summed E-state index contributed by atoms with van der Waals surface area (Å²) < 4.78 is 0. The van der Waals surface area contributed by atoms with E-state index in [4.69, 9.17) is 0 Å². The molecule has 0 radical (unpaired) electrons. The molecule has 1 aromatic rings. The minimum atomic E-state index is -0.401. The number of piperazine rings is 1. The van der Waals surface area contributed by atoms with Gasteiger partial charge in [0.05, 0.1) is 5.56 Å². The van der Waals surface area contributed by atoms with Gasteiger partial charge in [-0.1, -0.05) is 26.8 Å². The number of nitrogens with zero attached hydrogens (tertiary/aromatic N) is 2. The summed E-state index contributed by atoms with van der Waals surface area (Å²) in [5.41, 5.74) is 0.831. The maximum absolute atomic E-state index is 12.5. The summed E-state index contributed by atoms with van der Waals surface area (Å²) in [5.74, 6) is -0.0589. The number of carbonyl (C=O) groups is 2. The molecular formula is C17H24N2O3. The summed E-state index contributed by atoms with van der Waals surface area (Å²) in [6.07, 6.45) is 0. The van der Waals surface area contributed by atoms with Crippen molar-refractivity contribution >= 4 is 11.8 Å². The number of benzene rings is 1. The third-order valence-corrected chi connectivity index (χ3v) is 3.88. The molecule has 1 N–H and O–H groups in total. The standard InChI is InChI=1S/C17H24N2O3/c1-12-5-6-13(14(20)11-12)15(21)18-7-9-19(10-8-18)16(22)17(2,3)4/h5-6,11,20H,7-10H2,1-4H3. The van der Waals surface area contributed by atoms with E-state index in [1.165, 1.54) is 0 Å². The molecule has 1 aromatic carbocycles. The first-order valence-corrected chi connectivity index (χ1v) is 7.58. The smallest absolute Gasteiger partial charge is 0.257 e. The molecule has 1 heterocycles. The van der Waals surface area contributed by atoms with Crippen LogP contribution < -0.4 is 0 Å². The minimum Gasteiger partial charge on any atom is -0.507 e. The van der Waals surface area contributed by atoms with Gasteiger partial charge >= 0.3 is 0 Å². The van der Waals surface area contributed by atoms with Crippen molar-refractivity contribution < 1.29 is 14.7 Å². The lowest BCUT2D eigenvalue weighted by atomic mass is 9.94. The highest BCUT2D eigenvalue weighted by Gasteiger charge is 2.31. The molecule has 120 valence electrons. The Morgan fingerprint density at radius 2 is 1.59 bits per heavy atom. The number of rotatable bonds is 1. The van der Waals surface area contributed by atoms with Crippen LogP contribution in [0.1, 0.15) is 36.7 Å². The Hall–Kier alpha value is -2.04. The average molecular weight is 304 g/mol. The van der Waals surface area contributed by atoms with Gasteiger partial charge in [-0.2, -0.15) is 0 Å². The molecule has 5 heteroatoms. The van der Waals surface area contributed by atoms with Crippen LogP contribution in [-0.2, 0) is 4.79 Å². The summed E-state index contributed by atoms with van der Waals surface area (Å²) in [7, 11) is 0. The maximum atomic E-state index is 12.5. The van der Waals surface area contributed by atoms with E-state index in [0.717, 1.165) is 5.56 Å². The molecule has 1 saturated heterocycles. The van der Waals surface area contributed by atoms with Crippen LogP contribution >= 0.6 is 0 Å². The molecule has 2 rings (SSSR count). The van der Waals surface area contributed by atoms with Crippen LogP contribution in [0.3, 0.4) is 0 Å². The SMILES string of the molecule is Cc1ccc(C(=O)N2CCN(C(=O)C(C)(C)C)CC2)c(O)c1. The Morgan fingerprint density at radius 3 is 2.09 bits per heavy atom. The molecule has 22 heavy (non-hydrogen) atoms. The highest BCUT2D eigenvalue weighted by Crippen LogP contribution is 2.22. The van der Waals surface area contributed by atoms with Crippen LogP contribution in [0.25, 0.3) is 0 Å². The van der Waals surface area contributed by atoms with Gasteiger partial charge in [0.1, 0.15) is 5.75 Å². The monoisotopic (exact) mass is 304 g/mol. The maximum Gasteiger partial charge on any atom is 0.257 e. The predicted octanol–water partition coefficient (Wildman–Crippen LogP) is 2.03. The molecule has 0 aliphatic carbocycles. The molecule has 0 spiro atoms. The number of hydrogen-bond donors (Lipinski definition) is 1. The molecule has 5 nitrogen and oxygen atoms in total. The van der Waals surface area contributed by atoms with Gasteiger partial charge in [-0.15, -0.1) is 0 Å². The van der Waals surface area contributed by atoms with Crippen LogP contribution in [0.5, 0.6) is 5.75 Å². The molecule has 0 saturated carbocycles. The zero-order valence-corrected chi connectivity index (χ0v) is 13.7. The quantitative estimate of drug-likeness (QED) is 0.863. The van der Waals surface area contributed by atoms with Crippen LogP contribution in [0.2, 0.25) is 0 Å². The first-order valence-electron chi connectivity index (χ1n) is 7.58. The van der Waals surface area contributed by atoms with Gasteiger partial charge < -0.3 is 14.9 Å². The van der Waals surface area contributed by atoms with Crippen LogP contribution in [0.4, 0.5) is 0 Å². The second-order valence-electron chi connectivity index (χ2n) is 6.86. The highest BCUT2D eigenvalue weighted by atomic mass is 16.3. The number of phenolic OH excluding ortho intramolecular Hbond substituents is 1. The Kier molecular flexibility index (Phi) is 4.44. The van der Waals surface area contributed by atoms with E-state index < -0.39 is 5.41 Å². The summed E-state index contributed by atoms with van der Waals surface area (Å²) in [6.45, 7) is 9.63. The van der Waals surface area contributed by atoms with Gasteiger partial charge in [0.2, 0.25) is 5.91 Å². The van der Waals surface area contributed by atoms with Gasteiger partial charge in [0, 0.05) is 31.6 Å². The van der Waals surface area contributed by atoms with E-state index in [1.807, 2.05) is 33.8 Å². The van der Waals surface area contributed by atoms with Crippen LogP contribution in [0, 0.1) is 12.3 Å². The van der Waals surface area contributed by atoms with Gasteiger partial charge in [-0.25, -0.2) is 0 Å². The molecule has 0 atom stereocenters. The predicted molar refractivity (Wildman–Crippen MR) is 84.8 cm³/mol. The summed E-state index contributed by atoms with van der Waals surface area (Å²) in [5, 5.41) is 9.93. The van der Waals surface area contributed by atoms with E-state index in [9.17, 15) is 14.7 Å². The Balaban J connectivity index is 2.02. The Bertz CT molecular complexity index is 582. The lowest BCUT2D eigenvalue weighted by Gasteiger charge is -2.37. The first-order chi connectivity index (χ1) is 10.2. The number of carbonyl (C=O) groups excluding carboxylic acids is 2. The van der Waals surface area contributed by atoms with E-state index in [-0.39, 0.29) is 17.6 Å². The van der Waals surface area contributed by atoms with E-state index in [1.54, 1.807) is 21.9 Å². The highest BCUT2D eigenvalue weighted by molar-refractivity contribution is 5.97. The van der Waals surface area contributed by atoms with Crippen molar-refractivity contribution in [2.24, 2.45) is 5.41 Å². The zero-order chi connectivity index (χ0) is 16.5. The van der Waals surface area contributed by atoms with Crippen LogP contribution in [-0.4, -0.2) is 52.9 Å². The summed E-state index contributed by atoms with van der Waals surface area (Å²) in [6, 6.07) is 5.05. The third kappa shape index (κ3) is 3.40. The average Bonchev–Trinajstić information content (AvgIpc) is 2.45. The van der Waals surface area contributed by atoms with Gasteiger partial charge in [-0.3, -0.25) is 9.59 Å². The fourth-order valence-electron chi connectivity index (χ4n) is 2.58. The fraction of sp³-hybridized carbons (Fsp3) is 0.529. The van der Waals surface area contributed by atoms with Crippen molar-refractivity contribution in [3.63, 3.8) is 0 Å². The largest absolute Gasteiger partial charge is 0.507 e. The van der Waals surface area contributed by atoms with E-state index in [2.05, 4.69) is 0 Å². The third-order valence-electron chi connectivity index (χ3n) is 3.88. The summed E-state index contributed by atoms with van der Waals surface area (Å²) in [4.78, 5) is 28.2. The van der Waals surface area contributed by atoms with Crippen LogP contribution in [0.15, 0.2) is 18.2 Å². The molecule has 0 aromatic heterocycles. The van der Waals surface area contributed by atoms with Crippen molar-refractivity contribution in [2.75, 3.05) is 26.2 Å². The first kappa shape index (κ1) is 16.3. The van der Waals surface area contributed by atoms with Gasteiger partial charge in [0.25, 0.3) is 5.91 Å². The van der Waals surface area contributed by atoms with Gasteiger partial charge in [0.15, 0.2) is 0 Å².